The van der Waals surface area contributed by atoms with Crippen LogP contribution in [0.2, 0.25) is 0 Å². The second-order valence-electron chi connectivity index (χ2n) is 10.7. The van der Waals surface area contributed by atoms with Crippen LogP contribution in [0, 0.1) is 34.5 Å². The standard InChI is InChI=1S/C24H36N2O/c1-23-11-5-4-6-17(23)7-8-19-20(23)9-12-24(2)21(19)15-16(22(24)27)14-18-10-13-25-26(18)3/h10,13-14,17,19-22,27H,4-9,11-12,15H2,1-3H3. The molecule has 5 rings (SSSR count). The molecule has 0 aromatic carbocycles. The van der Waals surface area contributed by atoms with Crippen molar-refractivity contribution in [2.24, 2.45) is 41.5 Å². The number of rotatable bonds is 1. The van der Waals surface area contributed by atoms with E-state index in [1.807, 2.05) is 17.9 Å². The van der Waals surface area contributed by atoms with Crippen LogP contribution >= 0.6 is 0 Å². The van der Waals surface area contributed by atoms with E-state index in [1.165, 1.54) is 56.9 Å². The van der Waals surface area contributed by atoms with E-state index in [2.05, 4.69) is 31.1 Å². The van der Waals surface area contributed by atoms with E-state index in [4.69, 9.17) is 0 Å². The number of aryl methyl sites for hydroxylation is 1. The van der Waals surface area contributed by atoms with Crippen molar-refractivity contribution in [3.8, 4) is 0 Å². The van der Waals surface area contributed by atoms with E-state index >= 15 is 0 Å². The quantitative estimate of drug-likeness (QED) is 0.739. The molecular formula is C24H36N2O. The minimum atomic E-state index is -0.282. The highest BCUT2D eigenvalue weighted by Crippen LogP contribution is 2.66. The van der Waals surface area contributed by atoms with Gasteiger partial charge in [-0.3, -0.25) is 4.68 Å². The Morgan fingerprint density at radius 3 is 2.70 bits per heavy atom. The summed E-state index contributed by atoms with van der Waals surface area (Å²) in [5.41, 5.74) is 3.01. The molecule has 1 aromatic rings. The molecular weight excluding hydrogens is 332 g/mol. The Kier molecular flexibility index (Phi) is 4.13. The van der Waals surface area contributed by atoms with Gasteiger partial charge >= 0.3 is 0 Å². The first-order valence-electron chi connectivity index (χ1n) is 11.3. The fourth-order valence-electron chi connectivity index (χ4n) is 8.01. The summed E-state index contributed by atoms with van der Waals surface area (Å²) >= 11 is 0. The Balaban J connectivity index is 1.47. The molecule has 3 heteroatoms. The maximum absolute atomic E-state index is 11.3. The summed E-state index contributed by atoms with van der Waals surface area (Å²) in [4.78, 5) is 0. The third-order valence-electron chi connectivity index (χ3n) is 9.64. The monoisotopic (exact) mass is 368 g/mol. The molecule has 1 N–H and O–H groups in total. The molecule has 4 aliphatic carbocycles. The van der Waals surface area contributed by atoms with Crippen molar-refractivity contribution in [1.82, 2.24) is 9.78 Å². The van der Waals surface area contributed by atoms with Crippen LogP contribution in [0.5, 0.6) is 0 Å². The predicted octanol–water partition coefficient (Wildman–Crippen LogP) is 5.21. The molecule has 0 aliphatic heterocycles. The van der Waals surface area contributed by atoms with Crippen molar-refractivity contribution in [3.63, 3.8) is 0 Å². The van der Waals surface area contributed by atoms with Crippen LogP contribution in [0.4, 0.5) is 0 Å². The van der Waals surface area contributed by atoms with E-state index in [-0.39, 0.29) is 11.5 Å². The van der Waals surface area contributed by atoms with E-state index in [0.29, 0.717) is 11.3 Å². The number of hydrogen-bond donors (Lipinski definition) is 1. The van der Waals surface area contributed by atoms with Gasteiger partial charge in [-0.2, -0.15) is 5.10 Å². The first-order chi connectivity index (χ1) is 12.9. The summed E-state index contributed by atoms with van der Waals surface area (Å²) in [6.07, 6.45) is 16.1. The van der Waals surface area contributed by atoms with Gasteiger partial charge < -0.3 is 5.11 Å². The van der Waals surface area contributed by atoms with Gasteiger partial charge in [0.1, 0.15) is 0 Å². The van der Waals surface area contributed by atoms with E-state index in [1.54, 1.807) is 0 Å². The highest BCUT2D eigenvalue weighted by atomic mass is 16.3. The molecule has 27 heavy (non-hydrogen) atoms. The van der Waals surface area contributed by atoms with Crippen LogP contribution in [-0.2, 0) is 7.05 Å². The number of hydrogen-bond acceptors (Lipinski definition) is 2. The van der Waals surface area contributed by atoms with E-state index < -0.39 is 0 Å². The average Bonchev–Trinajstić information content (AvgIpc) is 3.17. The van der Waals surface area contributed by atoms with Crippen molar-refractivity contribution >= 4 is 6.08 Å². The first-order valence-corrected chi connectivity index (χ1v) is 11.3. The van der Waals surface area contributed by atoms with Crippen molar-refractivity contribution in [2.75, 3.05) is 0 Å². The van der Waals surface area contributed by atoms with Gasteiger partial charge in [-0.15, -0.1) is 0 Å². The van der Waals surface area contributed by atoms with Crippen molar-refractivity contribution in [2.45, 2.75) is 77.7 Å². The van der Waals surface area contributed by atoms with Crippen LogP contribution in [0.3, 0.4) is 0 Å². The summed E-state index contributed by atoms with van der Waals surface area (Å²) in [6, 6.07) is 2.06. The van der Waals surface area contributed by atoms with Crippen LogP contribution in [0.1, 0.15) is 77.3 Å². The van der Waals surface area contributed by atoms with E-state index in [0.717, 1.165) is 29.9 Å². The topological polar surface area (TPSA) is 38.0 Å². The molecule has 1 aromatic heterocycles. The number of aliphatic hydroxyl groups is 1. The number of fused-ring (bicyclic) bond motifs is 5. The number of nitrogens with zero attached hydrogens (tertiary/aromatic N) is 2. The zero-order valence-electron chi connectivity index (χ0n) is 17.3. The molecule has 4 saturated carbocycles. The third kappa shape index (κ3) is 2.53. The fourth-order valence-corrected chi connectivity index (χ4v) is 8.01. The van der Waals surface area contributed by atoms with Crippen molar-refractivity contribution in [1.29, 1.82) is 0 Å². The molecule has 0 bridgehead atoms. The second kappa shape index (κ2) is 6.20. The smallest absolute Gasteiger partial charge is 0.0810 e. The first kappa shape index (κ1) is 18.0. The van der Waals surface area contributed by atoms with Crippen LogP contribution < -0.4 is 0 Å². The molecule has 7 atom stereocenters. The largest absolute Gasteiger partial charge is 0.388 e. The van der Waals surface area contributed by atoms with Gasteiger partial charge in [-0.1, -0.05) is 26.7 Å². The highest BCUT2D eigenvalue weighted by molar-refractivity contribution is 5.52. The van der Waals surface area contributed by atoms with Gasteiger partial charge in [-0.25, -0.2) is 0 Å². The molecule has 0 spiro atoms. The lowest BCUT2D eigenvalue weighted by atomic mass is 9.45. The number of aliphatic hydroxyl groups excluding tert-OH is 1. The fraction of sp³-hybridized carbons (Fsp3) is 0.792. The molecule has 7 unspecified atom stereocenters. The second-order valence-corrected chi connectivity index (χ2v) is 10.7. The molecule has 4 aliphatic rings. The summed E-state index contributed by atoms with van der Waals surface area (Å²) < 4.78 is 1.92. The summed E-state index contributed by atoms with van der Waals surface area (Å²) in [6.45, 7) is 5.02. The highest BCUT2D eigenvalue weighted by Gasteiger charge is 2.60. The Morgan fingerprint density at radius 2 is 1.93 bits per heavy atom. The van der Waals surface area contributed by atoms with Crippen molar-refractivity contribution < 1.29 is 5.11 Å². The maximum atomic E-state index is 11.3. The Labute approximate surface area is 164 Å². The zero-order valence-corrected chi connectivity index (χ0v) is 17.3. The Morgan fingerprint density at radius 1 is 1.07 bits per heavy atom. The summed E-state index contributed by atoms with van der Waals surface area (Å²) in [5, 5.41) is 15.6. The third-order valence-corrected chi connectivity index (χ3v) is 9.64. The van der Waals surface area contributed by atoms with Crippen molar-refractivity contribution in [3.05, 3.63) is 23.5 Å². The average molecular weight is 369 g/mol. The molecule has 3 nitrogen and oxygen atoms in total. The Hall–Kier alpha value is -1.09. The van der Waals surface area contributed by atoms with Gasteiger partial charge in [0.25, 0.3) is 0 Å². The van der Waals surface area contributed by atoms with Gasteiger partial charge in [0, 0.05) is 18.7 Å². The van der Waals surface area contributed by atoms with Crippen LogP contribution in [0.25, 0.3) is 6.08 Å². The Bertz CT molecular complexity index is 751. The van der Waals surface area contributed by atoms with Gasteiger partial charge in [-0.05, 0) is 91.7 Å². The lowest BCUT2D eigenvalue weighted by Crippen LogP contribution is -2.53. The van der Waals surface area contributed by atoms with Gasteiger partial charge in [0.15, 0.2) is 0 Å². The lowest BCUT2D eigenvalue weighted by molar-refractivity contribution is -0.119. The summed E-state index contributed by atoms with van der Waals surface area (Å²) in [5.74, 6) is 3.33. The molecule has 0 amide bonds. The summed E-state index contributed by atoms with van der Waals surface area (Å²) in [7, 11) is 1.99. The maximum Gasteiger partial charge on any atom is 0.0810 e. The lowest BCUT2D eigenvalue weighted by Gasteiger charge is -2.60. The normalized spacial score (nSPS) is 48.1. The van der Waals surface area contributed by atoms with Crippen LogP contribution in [-0.4, -0.2) is 21.0 Å². The molecule has 1 heterocycles. The zero-order chi connectivity index (χ0) is 18.8. The van der Waals surface area contributed by atoms with E-state index in [9.17, 15) is 5.11 Å². The van der Waals surface area contributed by atoms with Crippen LogP contribution in [0.15, 0.2) is 17.8 Å². The molecule has 4 fully saturated rings. The molecule has 0 radical (unpaired) electrons. The SMILES string of the molecule is Cn1nccc1C=C1CC2C3CCC4CCCCC4(C)C3CCC2(C)C1O. The van der Waals surface area contributed by atoms with Gasteiger partial charge in [0.05, 0.1) is 11.8 Å². The minimum Gasteiger partial charge on any atom is -0.388 e. The molecule has 0 saturated heterocycles. The predicted molar refractivity (Wildman–Crippen MR) is 109 cm³/mol. The number of aromatic nitrogens is 2. The molecule has 148 valence electrons. The van der Waals surface area contributed by atoms with Gasteiger partial charge in [0.2, 0.25) is 0 Å². The minimum absolute atomic E-state index is 0.0729.